The lowest BCUT2D eigenvalue weighted by atomic mass is 10.1. The summed E-state index contributed by atoms with van der Waals surface area (Å²) in [4.78, 5) is 31.3. The van der Waals surface area contributed by atoms with Gasteiger partial charge >= 0.3 is 0 Å². The zero-order chi connectivity index (χ0) is 20.9. The number of aryl methyl sites for hydroxylation is 1. The van der Waals surface area contributed by atoms with E-state index in [2.05, 4.69) is 10.3 Å². The normalized spacial score (nSPS) is 13.9. The van der Waals surface area contributed by atoms with Crippen LogP contribution in [0.2, 0.25) is 0 Å². The molecule has 0 bridgehead atoms. The van der Waals surface area contributed by atoms with Crippen molar-refractivity contribution < 1.29 is 9.59 Å². The minimum absolute atomic E-state index is 0.154. The minimum Gasteiger partial charge on any atom is -0.348 e. The van der Waals surface area contributed by atoms with Gasteiger partial charge in [-0.05, 0) is 49.6 Å². The molecule has 0 atom stereocenters. The summed E-state index contributed by atoms with van der Waals surface area (Å²) in [5.74, 6) is 0.0155. The van der Waals surface area contributed by atoms with Gasteiger partial charge in [0.15, 0.2) is 0 Å². The molecule has 0 spiro atoms. The van der Waals surface area contributed by atoms with Crippen molar-refractivity contribution in [3.8, 4) is 11.3 Å². The summed E-state index contributed by atoms with van der Waals surface area (Å²) in [5, 5.41) is 2.97. The van der Waals surface area contributed by atoms with Gasteiger partial charge in [0.2, 0.25) is 5.91 Å². The molecule has 1 saturated heterocycles. The summed E-state index contributed by atoms with van der Waals surface area (Å²) >= 11 is 0. The molecule has 2 aromatic carbocycles. The summed E-state index contributed by atoms with van der Waals surface area (Å²) < 4.78 is 0. The van der Waals surface area contributed by atoms with Gasteiger partial charge in [0.05, 0.1) is 17.0 Å². The number of piperidine rings is 1. The van der Waals surface area contributed by atoms with Crippen LogP contribution in [0.5, 0.6) is 0 Å². The van der Waals surface area contributed by atoms with Gasteiger partial charge in [-0.3, -0.25) is 14.6 Å². The molecule has 2 amide bonds. The largest absolute Gasteiger partial charge is 0.348 e. The third-order valence-electron chi connectivity index (χ3n) is 5.40. The van der Waals surface area contributed by atoms with E-state index in [4.69, 9.17) is 0 Å². The molecule has 0 unspecified atom stereocenters. The molecule has 1 aliphatic heterocycles. The fourth-order valence-electron chi connectivity index (χ4n) is 3.76. The molecule has 30 heavy (non-hydrogen) atoms. The van der Waals surface area contributed by atoms with Crippen LogP contribution in [-0.4, -0.2) is 23.3 Å². The molecule has 4 rings (SSSR count). The Bertz CT molecular complexity index is 1060. The molecule has 5 nitrogen and oxygen atoms in total. The van der Waals surface area contributed by atoms with Gasteiger partial charge in [0, 0.05) is 30.8 Å². The van der Waals surface area contributed by atoms with Crippen LogP contribution in [0.15, 0.2) is 66.7 Å². The molecule has 0 aliphatic carbocycles. The first kappa shape index (κ1) is 19.8. The summed E-state index contributed by atoms with van der Waals surface area (Å²) in [6, 6.07) is 21.4. The number of nitrogens with one attached hydrogen (secondary N) is 1. The second kappa shape index (κ2) is 8.91. The Balaban J connectivity index is 1.44. The number of hydrogen-bond acceptors (Lipinski definition) is 3. The van der Waals surface area contributed by atoms with Crippen LogP contribution in [0.1, 0.15) is 40.9 Å². The maximum Gasteiger partial charge on any atom is 0.253 e. The van der Waals surface area contributed by atoms with E-state index < -0.39 is 0 Å². The summed E-state index contributed by atoms with van der Waals surface area (Å²) in [5.41, 5.74) is 5.00. The number of nitrogens with zero attached hydrogens (tertiary/aromatic N) is 2. The number of hydrogen-bond donors (Lipinski definition) is 1. The second-order valence-electron chi connectivity index (χ2n) is 7.55. The van der Waals surface area contributed by atoms with Crippen molar-refractivity contribution in [2.24, 2.45) is 0 Å². The van der Waals surface area contributed by atoms with E-state index in [9.17, 15) is 9.59 Å². The average Bonchev–Trinajstić information content (AvgIpc) is 2.78. The van der Waals surface area contributed by atoms with Crippen molar-refractivity contribution in [1.82, 2.24) is 10.3 Å². The van der Waals surface area contributed by atoms with E-state index in [0.29, 0.717) is 24.2 Å². The maximum atomic E-state index is 12.7. The van der Waals surface area contributed by atoms with E-state index >= 15 is 0 Å². The third-order valence-corrected chi connectivity index (χ3v) is 5.40. The van der Waals surface area contributed by atoms with Crippen LogP contribution in [0.4, 0.5) is 5.69 Å². The van der Waals surface area contributed by atoms with Crippen LogP contribution in [0.25, 0.3) is 11.3 Å². The van der Waals surface area contributed by atoms with Crippen molar-refractivity contribution in [2.45, 2.75) is 32.7 Å². The number of carbonyl (C=O) groups excluding carboxylic acids is 2. The Morgan fingerprint density at radius 3 is 2.63 bits per heavy atom. The van der Waals surface area contributed by atoms with Gasteiger partial charge < -0.3 is 10.2 Å². The zero-order valence-corrected chi connectivity index (χ0v) is 17.1. The Morgan fingerprint density at radius 2 is 1.87 bits per heavy atom. The molecule has 0 saturated carbocycles. The number of anilines is 1. The van der Waals surface area contributed by atoms with Gasteiger partial charge in [0.1, 0.15) is 0 Å². The molecule has 1 aliphatic rings. The highest BCUT2D eigenvalue weighted by Crippen LogP contribution is 2.22. The quantitative estimate of drug-likeness (QED) is 0.687. The fourth-order valence-corrected chi connectivity index (χ4v) is 3.76. The molecular weight excluding hydrogens is 374 g/mol. The zero-order valence-electron chi connectivity index (χ0n) is 17.1. The van der Waals surface area contributed by atoms with Crippen LogP contribution in [0.3, 0.4) is 0 Å². The van der Waals surface area contributed by atoms with E-state index in [1.54, 1.807) is 0 Å². The van der Waals surface area contributed by atoms with E-state index in [1.807, 2.05) is 78.6 Å². The summed E-state index contributed by atoms with van der Waals surface area (Å²) in [6.07, 6.45) is 2.59. The molecule has 1 N–H and O–H groups in total. The topological polar surface area (TPSA) is 62.3 Å². The summed E-state index contributed by atoms with van der Waals surface area (Å²) in [7, 11) is 0. The first-order chi connectivity index (χ1) is 14.6. The van der Waals surface area contributed by atoms with Crippen molar-refractivity contribution in [3.05, 3.63) is 83.6 Å². The van der Waals surface area contributed by atoms with Gasteiger partial charge in [-0.15, -0.1) is 0 Å². The van der Waals surface area contributed by atoms with E-state index in [1.165, 1.54) is 0 Å². The second-order valence-corrected chi connectivity index (χ2v) is 7.55. The predicted molar refractivity (Wildman–Crippen MR) is 118 cm³/mol. The maximum absolute atomic E-state index is 12.7. The number of amides is 2. The van der Waals surface area contributed by atoms with Crippen molar-refractivity contribution >= 4 is 17.5 Å². The standard InChI is InChI=1S/C25H25N3O2/c1-18-22(13-14-23(27-18)20-9-3-2-4-10-20)25(30)26-17-19-8-7-11-21(16-19)28-15-6-5-12-24(28)29/h2-4,7-11,13-14,16H,5-6,12,15,17H2,1H3,(H,26,30). The predicted octanol–water partition coefficient (Wildman–Crippen LogP) is 4.50. The number of carbonyl (C=O) groups is 2. The fraction of sp³-hybridized carbons (Fsp3) is 0.240. The van der Waals surface area contributed by atoms with Gasteiger partial charge in [-0.25, -0.2) is 0 Å². The Labute approximate surface area is 176 Å². The Kier molecular flexibility index (Phi) is 5.89. The van der Waals surface area contributed by atoms with Crippen LogP contribution in [-0.2, 0) is 11.3 Å². The molecule has 1 fully saturated rings. The molecule has 2 heterocycles. The van der Waals surface area contributed by atoms with E-state index in [0.717, 1.165) is 41.9 Å². The molecule has 0 radical (unpaired) electrons. The van der Waals surface area contributed by atoms with Crippen molar-refractivity contribution in [1.29, 1.82) is 0 Å². The smallest absolute Gasteiger partial charge is 0.253 e. The van der Waals surface area contributed by atoms with Crippen LogP contribution >= 0.6 is 0 Å². The van der Waals surface area contributed by atoms with Crippen molar-refractivity contribution in [2.75, 3.05) is 11.4 Å². The molecule has 3 aromatic rings. The Hall–Kier alpha value is -3.47. The number of pyridine rings is 1. The number of benzene rings is 2. The lowest BCUT2D eigenvalue weighted by molar-refractivity contribution is -0.119. The lowest BCUT2D eigenvalue weighted by Gasteiger charge is -2.27. The Morgan fingerprint density at radius 1 is 1.03 bits per heavy atom. The van der Waals surface area contributed by atoms with E-state index in [-0.39, 0.29) is 11.8 Å². The summed E-state index contributed by atoms with van der Waals surface area (Å²) in [6.45, 7) is 3.01. The van der Waals surface area contributed by atoms with Gasteiger partial charge in [-0.2, -0.15) is 0 Å². The lowest BCUT2D eigenvalue weighted by Crippen LogP contribution is -2.35. The number of aromatic nitrogens is 1. The average molecular weight is 399 g/mol. The number of rotatable bonds is 5. The van der Waals surface area contributed by atoms with Crippen LogP contribution in [0, 0.1) is 6.92 Å². The van der Waals surface area contributed by atoms with Gasteiger partial charge in [0.25, 0.3) is 5.91 Å². The third kappa shape index (κ3) is 4.40. The minimum atomic E-state index is -0.154. The first-order valence-electron chi connectivity index (χ1n) is 10.3. The highest BCUT2D eigenvalue weighted by Gasteiger charge is 2.19. The molecule has 1 aromatic heterocycles. The monoisotopic (exact) mass is 399 g/mol. The van der Waals surface area contributed by atoms with Gasteiger partial charge in [-0.1, -0.05) is 42.5 Å². The molecular formula is C25H25N3O2. The van der Waals surface area contributed by atoms with Crippen molar-refractivity contribution in [3.63, 3.8) is 0 Å². The SMILES string of the molecule is Cc1nc(-c2ccccc2)ccc1C(=O)NCc1cccc(N2CCCCC2=O)c1. The molecule has 152 valence electrons. The highest BCUT2D eigenvalue weighted by atomic mass is 16.2. The van der Waals surface area contributed by atoms with Crippen LogP contribution < -0.4 is 10.2 Å². The first-order valence-corrected chi connectivity index (χ1v) is 10.3. The molecule has 5 heteroatoms. The highest BCUT2D eigenvalue weighted by molar-refractivity contribution is 5.96.